The number of carbonyl (C=O) groups is 1. The Bertz CT molecular complexity index is 1390. The van der Waals surface area contributed by atoms with Gasteiger partial charge in [-0.2, -0.15) is 0 Å². The minimum atomic E-state index is -0.0638. The van der Waals surface area contributed by atoms with Crippen molar-refractivity contribution in [2.24, 2.45) is 0 Å². The summed E-state index contributed by atoms with van der Waals surface area (Å²) in [5, 5.41) is 3.23. The fraction of sp³-hybridized carbons (Fsp3) is 0.250. The Morgan fingerprint density at radius 3 is 3.00 bits per heavy atom. The average Bonchev–Trinajstić information content (AvgIpc) is 3.32. The molecule has 172 valence electrons. The number of nitrogens with one attached hydrogen (secondary N) is 2. The SMILES string of the molecule is COc1ncc2cc1NSc1cccc(c1)C(=O)NC1CCCN(C1)c1ncnc3cc-2sc13. The Labute approximate surface area is 204 Å². The lowest BCUT2D eigenvalue weighted by Gasteiger charge is -2.34. The van der Waals surface area contributed by atoms with E-state index < -0.39 is 0 Å². The Kier molecular flexibility index (Phi) is 5.46. The first-order valence-corrected chi connectivity index (χ1v) is 12.7. The van der Waals surface area contributed by atoms with Crippen molar-refractivity contribution in [2.45, 2.75) is 23.8 Å². The number of benzene rings is 1. The summed E-state index contributed by atoms with van der Waals surface area (Å²) >= 11 is 3.08. The third-order valence-corrected chi connectivity index (χ3v) is 8.03. The molecule has 1 amide bonds. The van der Waals surface area contributed by atoms with Gasteiger partial charge in [-0.05, 0) is 55.1 Å². The fourth-order valence-electron chi connectivity index (χ4n) is 4.40. The molecule has 8 nitrogen and oxygen atoms in total. The number of fused-ring (bicyclic) bond motifs is 9. The van der Waals surface area contributed by atoms with Gasteiger partial charge in [-0.25, -0.2) is 15.0 Å². The van der Waals surface area contributed by atoms with E-state index in [1.807, 2.05) is 36.5 Å². The van der Waals surface area contributed by atoms with Crippen LogP contribution in [0.2, 0.25) is 0 Å². The molecule has 0 aliphatic carbocycles. The summed E-state index contributed by atoms with van der Waals surface area (Å²) in [7, 11) is 1.60. The molecule has 10 heteroatoms. The number of hydrogen-bond acceptors (Lipinski definition) is 9. The lowest BCUT2D eigenvalue weighted by Crippen LogP contribution is -2.48. The normalized spacial score (nSPS) is 17.7. The summed E-state index contributed by atoms with van der Waals surface area (Å²) in [5.41, 5.74) is 3.28. The van der Waals surface area contributed by atoms with Gasteiger partial charge >= 0.3 is 0 Å². The van der Waals surface area contributed by atoms with Crippen molar-refractivity contribution in [1.82, 2.24) is 20.3 Å². The van der Waals surface area contributed by atoms with Crippen molar-refractivity contribution >= 4 is 50.9 Å². The topological polar surface area (TPSA) is 92.3 Å². The molecule has 1 atom stereocenters. The molecule has 1 aromatic carbocycles. The van der Waals surface area contributed by atoms with Gasteiger partial charge in [0, 0.05) is 46.2 Å². The molecule has 8 bridgehead atoms. The predicted octanol–water partition coefficient (Wildman–Crippen LogP) is 4.59. The van der Waals surface area contributed by atoms with Crippen LogP contribution in [0, 0.1) is 0 Å². The van der Waals surface area contributed by atoms with Crippen LogP contribution < -0.4 is 19.7 Å². The van der Waals surface area contributed by atoms with Crippen LogP contribution in [-0.2, 0) is 0 Å². The molecule has 34 heavy (non-hydrogen) atoms. The van der Waals surface area contributed by atoms with Crippen molar-refractivity contribution in [3.63, 3.8) is 0 Å². The molecule has 0 spiro atoms. The number of carbonyl (C=O) groups excluding carboxylic acids is 1. The van der Waals surface area contributed by atoms with E-state index in [0.29, 0.717) is 11.4 Å². The molecule has 2 N–H and O–H groups in total. The van der Waals surface area contributed by atoms with E-state index in [2.05, 4.69) is 36.0 Å². The van der Waals surface area contributed by atoms with E-state index in [1.165, 1.54) is 11.9 Å². The number of piperidine rings is 1. The fourth-order valence-corrected chi connectivity index (χ4v) is 6.22. The van der Waals surface area contributed by atoms with E-state index in [0.717, 1.165) is 63.0 Å². The third-order valence-electron chi connectivity index (χ3n) is 6.05. The van der Waals surface area contributed by atoms with Crippen molar-refractivity contribution in [3.8, 4) is 16.3 Å². The molecule has 3 aromatic heterocycles. The number of thiophene rings is 1. The predicted molar refractivity (Wildman–Crippen MR) is 136 cm³/mol. The van der Waals surface area contributed by atoms with Gasteiger partial charge in [-0.15, -0.1) is 11.3 Å². The number of anilines is 2. The van der Waals surface area contributed by atoms with Crippen molar-refractivity contribution in [1.29, 1.82) is 0 Å². The number of amides is 1. The number of methoxy groups -OCH3 is 1. The highest BCUT2D eigenvalue weighted by molar-refractivity contribution is 8.00. The minimum absolute atomic E-state index is 0.0549. The summed E-state index contributed by atoms with van der Waals surface area (Å²) in [4.78, 5) is 31.0. The first kappa shape index (κ1) is 21.2. The molecule has 0 radical (unpaired) electrons. The average molecular weight is 491 g/mol. The first-order valence-electron chi connectivity index (χ1n) is 11.1. The molecule has 5 heterocycles. The van der Waals surface area contributed by atoms with E-state index >= 15 is 0 Å². The van der Waals surface area contributed by atoms with Gasteiger partial charge in [0.2, 0.25) is 5.88 Å². The zero-order valence-corrected chi connectivity index (χ0v) is 20.1. The monoisotopic (exact) mass is 490 g/mol. The number of aromatic nitrogens is 3. The van der Waals surface area contributed by atoms with E-state index in [1.54, 1.807) is 24.8 Å². The molecule has 1 fully saturated rings. The summed E-state index contributed by atoms with van der Waals surface area (Å²) in [5.74, 6) is 1.36. The highest BCUT2D eigenvalue weighted by atomic mass is 32.2. The minimum Gasteiger partial charge on any atom is -0.480 e. The molecular weight excluding hydrogens is 468 g/mol. The maximum absolute atomic E-state index is 13.0. The highest BCUT2D eigenvalue weighted by Gasteiger charge is 2.25. The highest BCUT2D eigenvalue weighted by Crippen LogP contribution is 2.39. The number of ether oxygens (including phenoxy) is 1. The Morgan fingerprint density at radius 2 is 2.09 bits per heavy atom. The smallest absolute Gasteiger partial charge is 0.251 e. The second-order valence-corrected chi connectivity index (χ2v) is 10.2. The van der Waals surface area contributed by atoms with Gasteiger partial charge in [-0.3, -0.25) is 4.79 Å². The Balaban J connectivity index is 1.49. The molecule has 1 unspecified atom stereocenters. The summed E-state index contributed by atoms with van der Waals surface area (Å²) in [6.45, 7) is 1.62. The zero-order chi connectivity index (χ0) is 23.1. The van der Waals surface area contributed by atoms with Gasteiger partial charge in [0.15, 0.2) is 0 Å². The lowest BCUT2D eigenvalue weighted by atomic mass is 10.0. The standard InChI is InChI=1S/C24H22N6O2S2/c1-32-24-19-9-15(11-25-24)20-10-18-21(33-20)22(27-13-26-18)30-7-3-5-16(12-30)28-23(31)14-4-2-6-17(8-14)34-29-19/h2,4,6,8-11,13,16,29H,3,5,7,12H2,1H3,(H,28,31). The quantitative estimate of drug-likeness (QED) is 0.374. The summed E-state index contributed by atoms with van der Waals surface area (Å²) in [6.07, 6.45) is 5.37. The Hall–Kier alpha value is -3.37. The van der Waals surface area contributed by atoms with Crippen LogP contribution in [0.3, 0.4) is 0 Å². The maximum atomic E-state index is 13.0. The van der Waals surface area contributed by atoms with Crippen LogP contribution in [0.5, 0.6) is 5.88 Å². The molecule has 0 saturated carbocycles. The molecule has 2 aliphatic heterocycles. The molecule has 4 aromatic rings. The molecular formula is C24H22N6O2S2. The molecule has 2 aliphatic rings. The lowest BCUT2D eigenvalue weighted by molar-refractivity contribution is 0.0933. The van der Waals surface area contributed by atoms with E-state index in [4.69, 9.17) is 4.74 Å². The second kappa shape index (κ2) is 8.77. The van der Waals surface area contributed by atoms with Crippen LogP contribution in [0.25, 0.3) is 20.7 Å². The number of nitrogens with zero attached hydrogens (tertiary/aromatic N) is 4. The largest absolute Gasteiger partial charge is 0.480 e. The van der Waals surface area contributed by atoms with Crippen LogP contribution in [0.4, 0.5) is 11.5 Å². The van der Waals surface area contributed by atoms with Gasteiger partial charge in [0.25, 0.3) is 5.91 Å². The number of pyridine rings is 1. The Morgan fingerprint density at radius 1 is 1.15 bits per heavy atom. The second-order valence-electron chi connectivity index (χ2n) is 8.29. The van der Waals surface area contributed by atoms with Crippen LogP contribution in [0.1, 0.15) is 23.2 Å². The van der Waals surface area contributed by atoms with Crippen LogP contribution in [0.15, 0.2) is 53.8 Å². The number of rotatable bonds is 1. The summed E-state index contributed by atoms with van der Waals surface area (Å²) in [6, 6.07) is 11.8. The van der Waals surface area contributed by atoms with E-state index in [9.17, 15) is 4.79 Å². The number of hydrogen-bond donors (Lipinski definition) is 2. The van der Waals surface area contributed by atoms with Gasteiger partial charge < -0.3 is 19.7 Å². The van der Waals surface area contributed by atoms with E-state index in [-0.39, 0.29) is 11.9 Å². The van der Waals surface area contributed by atoms with Crippen molar-refractivity contribution in [2.75, 3.05) is 29.8 Å². The van der Waals surface area contributed by atoms with Gasteiger partial charge in [-0.1, -0.05) is 6.07 Å². The maximum Gasteiger partial charge on any atom is 0.251 e. The third kappa shape index (κ3) is 3.92. The zero-order valence-electron chi connectivity index (χ0n) is 18.4. The van der Waals surface area contributed by atoms with Gasteiger partial charge in [0.1, 0.15) is 17.8 Å². The van der Waals surface area contributed by atoms with Crippen LogP contribution >= 0.6 is 23.3 Å². The molecule has 6 rings (SSSR count). The van der Waals surface area contributed by atoms with Gasteiger partial charge in [0.05, 0.1) is 17.3 Å². The van der Waals surface area contributed by atoms with Crippen molar-refractivity contribution < 1.29 is 9.53 Å². The van der Waals surface area contributed by atoms with Crippen LogP contribution in [-0.4, -0.2) is 47.1 Å². The molecule has 1 saturated heterocycles. The first-order chi connectivity index (χ1) is 16.7. The van der Waals surface area contributed by atoms with Crippen molar-refractivity contribution in [3.05, 3.63) is 54.5 Å². The summed E-state index contributed by atoms with van der Waals surface area (Å²) < 4.78 is 9.87.